The Kier molecular flexibility index (Phi) is 4.20. The van der Waals surface area contributed by atoms with E-state index < -0.39 is 0 Å². The largest absolute Gasteiger partial charge is 0.494 e. The van der Waals surface area contributed by atoms with Gasteiger partial charge in [0.15, 0.2) is 5.65 Å². The van der Waals surface area contributed by atoms with Crippen LogP contribution in [0.2, 0.25) is 0 Å². The van der Waals surface area contributed by atoms with Crippen LogP contribution in [0.15, 0.2) is 41.9 Å². The summed E-state index contributed by atoms with van der Waals surface area (Å²) in [5.74, 6) is 1.76. The topological polar surface area (TPSA) is 89.7 Å². The molecule has 108 valence electrons. The number of nitrogens with zero attached hydrogens (tertiary/aromatic N) is 3. The molecule has 0 aliphatic carbocycles. The van der Waals surface area contributed by atoms with Crippen molar-refractivity contribution in [2.75, 3.05) is 18.1 Å². The van der Waals surface area contributed by atoms with Crippen LogP contribution in [0.25, 0.3) is 11.2 Å². The fraction of sp³-hybridized carbons (Fsp3) is 0.214. The first-order valence-corrected chi connectivity index (χ1v) is 7.57. The predicted molar refractivity (Wildman–Crippen MR) is 83.4 cm³/mol. The molecule has 21 heavy (non-hydrogen) atoms. The van der Waals surface area contributed by atoms with E-state index in [9.17, 15) is 0 Å². The van der Waals surface area contributed by atoms with Gasteiger partial charge >= 0.3 is 0 Å². The zero-order valence-corrected chi connectivity index (χ0v) is 12.1. The molecule has 2 aromatic heterocycles. The fourth-order valence-electron chi connectivity index (χ4n) is 1.83. The summed E-state index contributed by atoms with van der Waals surface area (Å²) in [5.41, 5.74) is 7.96. The highest BCUT2D eigenvalue weighted by atomic mass is 32.2. The number of fused-ring (bicyclic) bond motifs is 1. The van der Waals surface area contributed by atoms with Gasteiger partial charge in [0, 0.05) is 11.4 Å². The van der Waals surface area contributed by atoms with Gasteiger partial charge in [-0.25, -0.2) is 15.0 Å². The number of nitrogens with one attached hydrogen (secondary N) is 1. The van der Waals surface area contributed by atoms with Crippen LogP contribution in [0.4, 0.5) is 5.69 Å². The average molecular weight is 301 g/mol. The van der Waals surface area contributed by atoms with Crippen molar-refractivity contribution in [3.8, 4) is 5.75 Å². The van der Waals surface area contributed by atoms with Crippen molar-refractivity contribution in [2.45, 2.75) is 11.4 Å². The zero-order chi connectivity index (χ0) is 14.5. The monoisotopic (exact) mass is 301 g/mol. The van der Waals surface area contributed by atoms with Crippen molar-refractivity contribution in [2.24, 2.45) is 0 Å². The van der Waals surface area contributed by atoms with Crippen LogP contribution in [-0.2, 0) is 0 Å². The lowest BCUT2D eigenvalue weighted by atomic mass is 10.3. The van der Waals surface area contributed by atoms with Crippen LogP contribution >= 0.6 is 11.8 Å². The maximum atomic E-state index is 5.65. The van der Waals surface area contributed by atoms with Gasteiger partial charge in [-0.1, -0.05) is 0 Å². The highest BCUT2D eigenvalue weighted by Crippen LogP contribution is 2.22. The number of nitrogen functional groups attached to an aromatic ring is 1. The van der Waals surface area contributed by atoms with Crippen LogP contribution < -0.4 is 10.5 Å². The van der Waals surface area contributed by atoms with Crippen LogP contribution in [0.1, 0.15) is 6.42 Å². The van der Waals surface area contributed by atoms with Crippen LogP contribution in [0.5, 0.6) is 5.75 Å². The maximum absolute atomic E-state index is 5.65. The maximum Gasteiger partial charge on any atom is 0.181 e. The molecule has 0 spiro atoms. The first-order chi connectivity index (χ1) is 10.3. The summed E-state index contributed by atoms with van der Waals surface area (Å²) >= 11 is 1.67. The number of aromatic amines is 1. The van der Waals surface area contributed by atoms with Gasteiger partial charge in [-0.3, -0.25) is 0 Å². The Labute approximate surface area is 126 Å². The minimum absolute atomic E-state index is 0.661. The third-order valence-electron chi connectivity index (χ3n) is 2.86. The highest BCUT2D eigenvalue weighted by molar-refractivity contribution is 7.99. The molecule has 0 amide bonds. The molecule has 0 saturated heterocycles. The third-order valence-corrected chi connectivity index (χ3v) is 3.94. The summed E-state index contributed by atoms with van der Waals surface area (Å²) in [7, 11) is 0. The molecule has 0 aliphatic rings. The van der Waals surface area contributed by atoms with Crippen molar-refractivity contribution >= 4 is 28.6 Å². The zero-order valence-electron chi connectivity index (χ0n) is 11.3. The van der Waals surface area contributed by atoms with Gasteiger partial charge in [0.2, 0.25) is 0 Å². The first kappa shape index (κ1) is 13.7. The second kappa shape index (κ2) is 6.45. The van der Waals surface area contributed by atoms with Gasteiger partial charge in [0.25, 0.3) is 0 Å². The number of aromatic nitrogens is 4. The lowest BCUT2D eigenvalue weighted by molar-refractivity contribution is 0.319. The molecule has 3 rings (SSSR count). The van der Waals surface area contributed by atoms with Gasteiger partial charge < -0.3 is 15.5 Å². The van der Waals surface area contributed by atoms with Gasteiger partial charge in [-0.15, -0.1) is 11.8 Å². The van der Waals surface area contributed by atoms with Crippen molar-refractivity contribution in [3.63, 3.8) is 0 Å². The lowest BCUT2D eigenvalue weighted by Crippen LogP contribution is -1.99. The third kappa shape index (κ3) is 3.43. The van der Waals surface area contributed by atoms with E-state index in [1.54, 1.807) is 18.1 Å². The summed E-state index contributed by atoms with van der Waals surface area (Å²) in [5, 5.41) is 0.921. The molecule has 0 radical (unpaired) electrons. The van der Waals surface area contributed by atoms with E-state index >= 15 is 0 Å². The molecule has 0 bridgehead atoms. The van der Waals surface area contributed by atoms with Gasteiger partial charge in [0.05, 0.1) is 12.9 Å². The Morgan fingerprint density at radius 1 is 1.14 bits per heavy atom. The summed E-state index contributed by atoms with van der Waals surface area (Å²) in [6.07, 6.45) is 4.10. The standard InChI is InChI=1S/C14H15N5OS/c15-10-2-4-11(5-3-10)20-6-1-7-21-14-12-13(17-8-16-12)18-9-19-14/h2-5,8-9H,1,6-7,15H2,(H,16,17,18,19). The molecule has 3 N–H and O–H groups in total. The SMILES string of the molecule is Nc1ccc(OCCCSc2ncnc3nc[nH]c23)cc1. The summed E-state index contributed by atoms with van der Waals surface area (Å²) < 4.78 is 5.65. The van der Waals surface area contributed by atoms with Crippen molar-refractivity contribution in [1.29, 1.82) is 0 Å². The minimum atomic E-state index is 0.661. The van der Waals surface area contributed by atoms with Crippen LogP contribution in [-0.4, -0.2) is 32.3 Å². The number of hydrogen-bond acceptors (Lipinski definition) is 6. The molecule has 2 heterocycles. The highest BCUT2D eigenvalue weighted by Gasteiger charge is 2.05. The van der Waals surface area contributed by atoms with E-state index in [1.807, 2.05) is 24.3 Å². The second-order valence-electron chi connectivity index (χ2n) is 4.40. The number of anilines is 1. The van der Waals surface area contributed by atoms with Gasteiger partial charge in [-0.2, -0.15) is 0 Å². The molecule has 7 heteroatoms. The molecule has 6 nitrogen and oxygen atoms in total. The Bertz CT molecular complexity index is 713. The minimum Gasteiger partial charge on any atom is -0.494 e. The Morgan fingerprint density at radius 2 is 2.00 bits per heavy atom. The number of hydrogen-bond donors (Lipinski definition) is 2. The van der Waals surface area contributed by atoms with E-state index in [-0.39, 0.29) is 0 Å². The van der Waals surface area contributed by atoms with Crippen molar-refractivity contribution in [1.82, 2.24) is 19.9 Å². The fourth-order valence-corrected chi connectivity index (χ4v) is 2.71. The number of ether oxygens (including phenoxy) is 1. The Hall–Kier alpha value is -2.28. The van der Waals surface area contributed by atoms with Crippen molar-refractivity contribution in [3.05, 3.63) is 36.9 Å². The smallest absolute Gasteiger partial charge is 0.181 e. The van der Waals surface area contributed by atoms with E-state index in [0.717, 1.165) is 34.2 Å². The Morgan fingerprint density at radius 3 is 2.86 bits per heavy atom. The second-order valence-corrected chi connectivity index (χ2v) is 5.48. The number of nitrogens with two attached hydrogens (primary N) is 1. The van der Waals surface area contributed by atoms with Gasteiger partial charge in [0.1, 0.15) is 22.6 Å². The number of benzene rings is 1. The molecular weight excluding hydrogens is 286 g/mol. The van der Waals surface area contributed by atoms with E-state index in [4.69, 9.17) is 10.5 Å². The molecule has 0 atom stereocenters. The molecular formula is C14H15N5OS. The van der Waals surface area contributed by atoms with E-state index in [1.165, 1.54) is 6.33 Å². The molecule has 0 aliphatic heterocycles. The summed E-state index contributed by atoms with van der Waals surface area (Å²) in [4.78, 5) is 15.5. The van der Waals surface area contributed by atoms with Crippen molar-refractivity contribution < 1.29 is 4.74 Å². The van der Waals surface area contributed by atoms with Gasteiger partial charge in [-0.05, 0) is 30.7 Å². The first-order valence-electron chi connectivity index (χ1n) is 6.58. The normalized spacial score (nSPS) is 10.9. The lowest BCUT2D eigenvalue weighted by Gasteiger charge is -2.06. The van der Waals surface area contributed by atoms with Crippen LogP contribution in [0, 0.1) is 0 Å². The van der Waals surface area contributed by atoms with E-state index in [2.05, 4.69) is 19.9 Å². The molecule has 0 unspecified atom stereocenters. The number of H-pyrrole nitrogens is 1. The Balaban J connectivity index is 1.46. The summed E-state index contributed by atoms with van der Waals surface area (Å²) in [6, 6.07) is 7.42. The quantitative estimate of drug-likeness (QED) is 0.315. The molecule has 0 saturated carbocycles. The number of imidazole rings is 1. The molecule has 0 fully saturated rings. The average Bonchev–Trinajstić information content (AvgIpc) is 2.98. The summed E-state index contributed by atoms with van der Waals surface area (Å²) in [6.45, 7) is 0.661. The molecule has 3 aromatic rings. The number of rotatable bonds is 6. The predicted octanol–water partition coefficient (Wildman–Crippen LogP) is 2.50. The van der Waals surface area contributed by atoms with Crippen LogP contribution in [0.3, 0.4) is 0 Å². The van der Waals surface area contributed by atoms with E-state index in [0.29, 0.717) is 12.3 Å². The number of thioether (sulfide) groups is 1. The molecule has 1 aromatic carbocycles.